The molecule has 0 saturated heterocycles. The molecule has 0 heterocycles. The summed E-state index contributed by atoms with van der Waals surface area (Å²) in [5.41, 5.74) is 1.28. The van der Waals surface area contributed by atoms with E-state index in [4.69, 9.17) is 9.47 Å². The fourth-order valence-electron chi connectivity index (χ4n) is 2.27. The molecule has 26 heavy (non-hydrogen) atoms. The van der Waals surface area contributed by atoms with Gasteiger partial charge < -0.3 is 14.8 Å². The molecule has 2 rings (SSSR count). The van der Waals surface area contributed by atoms with E-state index in [9.17, 15) is 4.79 Å². The number of amides is 1. The van der Waals surface area contributed by atoms with Crippen molar-refractivity contribution in [2.24, 2.45) is 11.8 Å². The summed E-state index contributed by atoms with van der Waals surface area (Å²) in [4.78, 5) is 12.5. The molecular weight excluding hydrogens is 326 g/mol. The zero-order valence-electron chi connectivity index (χ0n) is 16.1. The van der Waals surface area contributed by atoms with Gasteiger partial charge in [0.05, 0.1) is 13.2 Å². The number of ether oxygens (including phenoxy) is 2. The minimum atomic E-state index is -0.167. The number of carbonyl (C=O) groups excluding carboxylic acids is 1. The Morgan fingerprint density at radius 2 is 1.62 bits per heavy atom. The fourth-order valence-corrected chi connectivity index (χ4v) is 2.27. The molecule has 0 spiro atoms. The Labute approximate surface area is 156 Å². The van der Waals surface area contributed by atoms with Crippen LogP contribution < -0.4 is 14.8 Å². The van der Waals surface area contributed by atoms with Crippen LogP contribution in [-0.4, -0.2) is 19.1 Å². The first-order valence-corrected chi connectivity index (χ1v) is 9.21. The first-order chi connectivity index (χ1) is 12.4. The van der Waals surface area contributed by atoms with Gasteiger partial charge in [-0.25, -0.2) is 0 Å². The summed E-state index contributed by atoms with van der Waals surface area (Å²) < 4.78 is 11.4. The van der Waals surface area contributed by atoms with E-state index >= 15 is 0 Å². The smallest absolute Gasteiger partial charge is 0.255 e. The molecule has 0 aliphatic heterocycles. The normalized spacial score (nSPS) is 10.8. The number of carbonyl (C=O) groups is 1. The topological polar surface area (TPSA) is 47.6 Å². The Bertz CT molecular complexity index is 710. The van der Waals surface area contributed by atoms with Gasteiger partial charge in [0.2, 0.25) is 0 Å². The second-order valence-corrected chi connectivity index (χ2v) is 7.25. The third kappa shape index (κ3) is 6.79. The highest BCUT2D eigenvalue weighted by molar-refractivity contribution is 6.04. The molecule has 0 aromatic heterocycles. The number of nitrogens with one attached hydrogen (secondary N) is 1. The van der Waals surface area contributed by atoms with E-state index in [0.29, 0.717) is 42.0 Å². The SMILES string of the molecule is CC(C)CCOc1cccc(NC(=O)c2cccc(OCC(C)C)c2)c1. The lowest BCUT2D eigenvalue weighted by molar-refractivity contribution is 0.102. The van der Waals surface area contributed by atoms with E-state index in [1.54, 1.807) is 12.1 Å². The van der Waals surface area contributed by atoms with E-state index in [2.05, 4.69) is 33.0 Å². The van der Waals surface area contributed by atoms with Gasteiger partial charge in [-0.1, -0.05) is 39.8 Å². The Morgan fingerprint density at radius 3 is 2.31 bits per heavy atom. The van der Waals surface area contributed by atoms with Gasteiger partial charge in [0.1, 0.15) is 11.5 Å². The summed E-state index contributed by atoms with van der Waals surface area (Å²) in [6.45, 7) is 9.81. The van der Waals surface area contributed by atoms with Crippen LogP contribution in [0.25, 0.3) is 0 Å². The third-order valence-electron chi connectivity index (χ3n) is 3.74. The van der Waals surface area contributed by atoms with Crippen molar-refractivity contribution in [3.63, 3.8) is 0 Å². The molecule has 0 bridgehead atoms. The van der Waals surface area contributed by atoms with Crippen molar-refractivity contribution >= 4 is 11.6 Å². The molecule has 0 radical (unpaired) electrons. The van der Waals surface area contributed by atoms with Crippen molar-refractivity contribution in [3.05, 3.63) is 54.1 Å². The number of rotatable bonds is 9. The largest absolute Gasteiger partial charge is 0.494 e. The molecule has 4 nitrogen and oxygen atoms in total. The summed E-state index contributed by atoms with van der Waals surface area (Å²) in [5.74, 6) is 2.34. The van der Waals surface area contributed by atoms with E-state index < -0.39 is 0 Å². The highest BCUT2D eigenvalue weighted by atomic mass is 16.5. The van der Waals surface area contributed by atoms with Gasteiger partial charge in [-0.2, -0.15) is 0 Å². The second-order valence-electron chi connectivity index (χ2n) is 7.25. The number of hydrogen-bond donors (Lipinski definition) is 1. The number of benzene rings is 2. The summed E-state index contributed by atoms with van der Waals surface area (Å²) in [6, 6.07) is 14.7. The average Bonchev–Trinajstić information content (AvgIpc) is 2.60. The first kappa shape index (κ1) is 19.8. The fraction of sp³-hybridized carbons (Fsp3) is 0.409. The molecule has 4 heteroatoms. The quantitative estimate of drug-likeness (QED) is 0.655. The maximum absolute atomic E-state index is 12.5. The van der Waals surface area contributed by atoms with Gasteiger partial charge in [0, 0.05) is 17.3 Å². The molecule has 140 valence electrons. The van der Waals surface area contributed by atoms with Crippen LogP contribution in [-0.2, 0) is 0 Å². The molecule has 0 aliphatic carbocycles. The van der Waals surface area contributed by atoms with E-state index in [0.717, 1.165) is 12.2 Å². The van der Waals surface area contributed by atoms with Crippen LogP contribution in [0.15, 0.2) is 48.5 Å². The van der Waals surface area contributed by atoms with E-state index in [1.165, 1.54) is 0 Å². The molecule has 1 amide bonds. The summed E-state index contributed by atoms with van der Waals surface area (Å²) >= 11 is 0. The lowest BCUT2D eigenvalue weighted by atomic mass is 10.1. The zero-order valence-corrected chi connectivity index (χ0v) is 16.1. The van der Waals surface area contributed by atoms with Crippen molar-refractivity contribution in [2.75, 3.05) is 18.5 Å². The Hall–Kier alpha value is -2.49. The molecule has 0 unspecified atom stereocenters. The van der Waals surface area contributed by atoms with Crippen molar-refractivity contribution in [1.82, 2.24) is 0 Å². The lowest BCUT2D eigenvalue weighted by Gasteiger charge is -2.11. The van der Waals surface area contributed by atoms with Crippen molar-refractivity contribution in [3.8, 4) is 11.5 Å². The van der Waals surface area contributed by atoms with Gasteiger partial charge >= 0.3 is 0 Å². The van der Waals surface area contributed by atoms with Crippen LogP contribution in [0.4, 0.5) is 5.69 Å². The molecule has 0 aliphatic rings. The standard InChI is InChI=1S/C22H29NO3/c1-16(2)11-12-25-21-10-6-8-19(14-21)23-22(24)18-7-5-9-20(13-18)26-15-17(3)4/h5-10,13-14,16-17H,11-12,15H2,1-4H3,(H,23,24). The van der Waals surface area contributed by atoms with Crippen LogP contribution in [0.5, 0.6) is 11.5 Å². The first-order valence-electron chi connectivity index (χ1n) is 9.21. The van der Waals surface area contributed by atoms with Crippen molar-refractivity contribution in [1.29, 1.82) is 0 Å². The Balaban J connectivity index is 1.97. The van der Waals surface area contributed by atoms with Crippen LogP contribution in [0.3, 0.4) is 0 Å². The maximum Gasteiger partial charge on any atom is 0.255 e. The molecule has 0 fully saturated rings. The zero-order chi connectivity index (χ0) is 18.9. The van der Waals surface area contributed by atoms with Gasteiger partial charge in [0.25, 0.3) is 5.91 Å². The van der Waals surface area contributed by atoms with Crippen molar-refractivity contribution in [2.45, 2.75) is 34.1 Å². The van der Waals surface area contributed by atoms with Crippen LogP contribution in [0, 0.1) is 11.8 Å². The molecule has 0 atom stereocenters. The monoisotopic (exact) mass is 355 g/mol. The van der Waals surface area contributed by atoms with Crippen LogP contribution >= 0.6 is 0 Å². The second kappa shape index (κ2) is 9.85. The predicted molar refractivity (Wildman–Crippen MR) is 106 cm³/mol. The minimum Gasteiger partial charge on any atom is -0.494 e. The lowest BCUT2D eigenvalue weighted by Crippen LogP contribution is -2.12. The molecule has 2 aromatic carbocycles. The highest BCUT2D eigenvalue weighted by Gasteiger charge is 2.08. The maximum atomic E-state index is 12.5. The van der Waals surface area contributed by atoms with E-state index in [1.807, 2.05) is 36.4 Å². The minimum absolute atomic E-state index is 0.167. The van der Waals surface area contributed by atoms with Crippen LogP contribution in [0.2, 0.25) is 0 Å². The number of anilines is 1. The highest BCUT2D eigenvalue weighted by Crippen LogP contribution is 2.20. The molecule has 0 saturated carbocycles. The van der Waals surface area contributed by atoms with E-state index in [-0.39, 0.29) is 5.91 Å². The van der Waals surface area contributed by atoms with Crippen LogP contribution in [0.1, 0.15) is 44.5 Å². The summed E-state index contributed by atoms with van der Waals surface area (Å²) in [6.07, 6.45) is 1.000. The predicted octanol–water partition coefficient (Wildman–Crippen LogP) is 5.40. The van der Waals surface area contributed by atoms with Gasteiger partial charge in [0.15, 0.2) is 0 Å². The summed E-state index contributed by atoms with van der Waals surface area (Å²) in [7, 11) is 0. The Morgan fingerprint density at radius 1 is 0.923 bits per heavy atom. The van der Waals surface area contributed by atoms with Crippen molar-refractivity contribution < 1.29 is 14.3 Å². The van der Waals surface area contributed by atoms with Gasteiger partial charge in [-0.15, -0.1) is 0 Å². The van der Waals surface area contributed by atoms with Gasteiger partial charge in [-0.05, 0) is 48.6 Å². The van der Waals surface area contributed by atoms with Gasteiger partial charge in [-0.3, -0.25) is 4.79 Å². The Kier molecular flexibility index (Phi) is 7.52. The molecule has 2 aromatic rings. The third-order valence-corrected chi connectivity index (χ3v) is 3.74. The molecule has 1 N–H and O–H groups in total. The summed E-state index contributed by atoms with van der Waals surface area (Å²) in [5, 5.41) is 2.92. The number of hydrogen-bond acceptors (Lipinski definition) is 3. The average molecular weight is 355 g/mol. The molecular formula is C22H29NO3.